The van der Waals surface area contributed by atoms with Crippen molar-refractivity contribution in [2.75, 3.05) is 13.7 Å². The largest absolute Gasteiger partial charge is 0.497 e. The van der Waals surface area contributed by atoms with Crippen molar-refractivity contribution in [3.8, 4) is 5.75 Å². The molecule has 0 aliphatic heterocycles. The van der Waals surface area contributed by atoms with Gasteiger partial charge in [-0.05, 0) is 43.0 Å². The highest BCUT2D eigenvalue weighted by Crippen LogP contribution is 2.36. The van der Waals surface area contributed by atoms with Crippen LogP contribution in [0.15, 0.2) is 24.3 Å². The van der Waals surface area contributed by atoms with Gasteiger partial charge < -0.3 is 10.1 Å². The summed E-state index contributed by atoms with van der Waals surface area (Å²) in [5, 5.41) is 3.64. The molecule has 0 heterocycles. The van der Waals surface area contributed by atoms with Crippen LogP contribution in [-0.2, 0) is 0 Å². The smallest absolute Gasteiger partial charge is 0.118 e. The first kappa shape index (κ1) is 12.4. The van der Waals surface area contributed by atoms with Crippen LogP contribution in [0.2, 0.25) is 0 Å². The summed E-state index contributed by atoms with van der Waals surface area (Å²) in [5.41, 5.74) is 1.40. The van der Waals surface area contributed by atoms with Gasteiger partial charge in [-0.15, -0.1) is 0 Å². The SMILES string of the molecule is CCNC(c1ccc(OC)cc1)C1CCCC1. The summed E-state index contributed by atoms with van der Waals surface area (Å²) in [6, 6.07) is 9.05. The predicted molar refractivity (Wildman–Crippen MR) is 71.4 cm³/mol. The molecular formula is C15H23NO. The Bertz CT molecular complexity index is 327. The average molecular weight is 233 g/mol. The number of benzene rings is 1. The fraction of sp³-hybridized carbons (Fsp3) is 0.600. The number of rotatable bonds is 5. The van der Waals surface area contributed by atoms with Crippen molar-refractivity contribution >= 4 is 0 Å². The highest BCUT2D eigenvalue weighted by molar-refractivity contribution is 5.29. The van der Waals surface area contributed by atoms with E-state index in [0.29, 0.717) is 6.04 Å². The zero-order chi connectivity index (χ0) is 12.1. The van der Waals surface area contributed by atoms with E-state index >= 15 is 0 Å². The molecule has 0 amide bonds. The van der Waals surface area contributed by atoms with Gasteiger partial charge in [-0.2, -0.15) is 0 Å². The fourth-order valence-corrected chi connectivity index (χ4v) is 2.88. The molecular weight excluding hydrogens is 210 g/mol. The number of hydrogen-bond donors (Lipinski definition) is 1. The zero-order valence-corrected chi connectivity index (χ0v) is 10.9. The summed E-state index contributed by atoms with van der Waals surface area (Å²) in [7, 11) is 1.72. The Balaban J connectivity index is 2.12. The molecule has 1 saturated carbocycles. The van der Waals surface area contributed by atoms with Crippen LogP contribution in [0.5, 0.6) is 5.75 Å². The molecule has 1 N–H and O–H groups in total. The van der Waals surface area contributed by atoms with Gasteiger partial charge in [0, 0.05) is 6.04 Å². The monoisotopic (exact) mass is 233 g/mol. The Morgan fingerprint density at radius 3 is 2.41 bits per heavy atom. The van der Waals surface area contributed by atoms with E-state index < -0.39 is 0 Å². The summed E-state index contributed by atoms with van der Waals surface area (Å²) in [5.74, 6) is 1.75. The third kappa shape index (κ3) is 3.01. The minimum Gasteiger partial charge on any atom is -0.497 e. The average Bonchev–Trinajstić information content (AvgIpc) is 2.90. The first-order valence-corrected chi connectivity index (χ1v) is 6.72. The molecule has 2 rings (SSSR count). The van der Waals surface area contributed by atoms with E-state index in [4.69, 9.17) is 4.74 Å². The second-order valence-electron chi connectivity index (χ2n) is 4.85. The summed E-state index contributed by atoms with van der Waals surface area (Å²) < 4.78 is 5.21. The molecule has 2 nitrogen and oxygen atoms in total. The minimum atomic E-state index is 0.522. The van der Waals surface area contributed by atoms with Crippen LogP contribution in [-0.4, -0.2) is 13.7 Å². The normalized spacial score (nSPS) is 18.2. The maximum Gasteiger partial charge on any atom is 0.118 e. The van der Waals surface area contributed by atoms with Crippen LogP contribution >= 0.6 is 0 Å². The number of ether oxygens (including phenoxy) is 1. The highest BCUT2D eigenvalue weighted by Gasteiger charge is 2.25. The second kappa shape index (κ2) is 6.06. The Labute approximate surface area is 104 Å². The number of nitrogens with one attached hydrogen (secondary N) is 1. The lowest BCUT2D eigenvalue weighted by molar-refractivity contribution is 0.373. The van der Waals surface area contributed by atoms with Crippen LogP contribution in [0.25, 0.3) is 0 Å². The Morgan fingerprint density at radius 2 is 1.88 bits per heavy atom. The molecule has 2 heteroatoms. The molecule has 0 aromatic heterocycles. The van der Waals surface area contributed by atoms with Gasteiger partial charge in [0.15, 0.2) is 0 Å². The van der Waals surface area contributed by atoms with Gasteiger partial charge in [0.1, 0.15) is 5.75 Å². The van der Waals surface area contributed by atoms with Gasteiger partial charge in [0.25, 0.3) is 0 Å². The van der Waals surface area contributed by atoms with E-state index in [1.165, 1.54) is 31.2 Å². The van der Waals surface area contributed by atoms with Gasteiger partial charge in [-0.1, -0.05) is 31.9 Å². The van der Waals surface area contributed by atoms with Crippen LogP contribution in [0.1, 0.15) is 44.2 Å². The van der Waals surface area contributed by atoms with Crippen molar-refractivity contribution in [1.29, 1.82) is 0 Å². The van der Waals surface area contributed by atoms with E-state index in [2.05, 4.69) is 36.5 Å². The van der Waals surface area contributed by atoms with Crippen LogP contribution in [0.4, 0.5) is 0 Å². The first-order valence-electron chi connectivity index (χ1n) is 6.72. The van der Waals surface area contributed by atoms with Crippen molar-refractivity contribution in [2.45, 2.75) is 38.6 Å². The van der Waals surface area contributed by atoms with E-state index in [-0.39, 0.29) is 0 Å². The molecule has 1 atom stereocenters. The van der Waals surface area contributed by atoms with Crippen molar-refractivity contribution < 1.29 is 4.74 Å². The lowest BCUT2D eigenvalue weighted by Crippen LogP contribution is -2.26. The van der Waals surface area contributed by atoms with Gasteiger partial charge in [0.2, 0.25) is 0 Å². The number of hydrogen-bond acceptors (Lipinski definition) is 2. The molecule has 1 aromatic carbocycles. The lowest BCUT2D eigenvalue weighted by Gasteiger charge is -2.25. The Morgan fingerprint density at radius 1 is 1.24 bits per heavy atom. The molecule has 17 heavy (non-hydrogen) atoms. The van der Waals surface area contributed by atoms with E-state index in [0.717, 1.165) is 18.2 Å². The first-order chi connectivity index (χ1) is 8.35. The van der Waals surface area contributed by atoms with Gasteiger partial charge in [-0.25, -0.2) is 0 Å². The van der Waals surface area contributed by atoms with Gasteiger partial charge in [0.05, 0.1) is 7.11 Å². The third-order valence-corrected chi connectivity index (χ3v) is 3.77. The molecule has 1 aromatic rings. The third-order valence-electron chi connectivity index (χ3n) is 3.77. The summed E-state index contributed by atoms with van der Waals surface area (Å²) in [4.78, 5) is 0. The van der Waals surface area contributed by atoms with E-state index in [1.807, 2.05) is 0 Å². The summed E-state index contributed by atoms with van der Waals surface area (Å²) in [6.45, 7) is 3.22. The molecule has 94 valence electrons. The second-order valence-corrected chi connectivity index (χ2v) is 4.85. The predicted octanol–water partition coefficient (Wildman–Crippen LogP) is 3.54. The molecule has 0 saturated heterocycles. The topological polar surface area (TPSA) is 21.3 Å². The van der Waals surface area contributed by atoms with Crippen LogP contribution in [0, 0.1) is 5.92 Å². The van der Waals surface area contributed by atoms with Crippen molar-refractivity contribution in [3.05, 3.63) is 29.8 Å². The zero-order valence-electron chi connectivity index (χ0n) is 10.9. The molecule has 0 bridgehead atoms. The van der Waals surface area contributed by atoms with Crippen molar-refractivity contribution in [2.24, 2.45) is 5.92 Å². The van der Waals surface area contributed by atoms with Crippen LogP contribution < -0.4 is 10.1 Å². The van der Waals surface area contributed by atoms with Crippen molar-refractivity contribution in [1.82, 2.24) is 5.32 Å². The van der Waals surface area contributed by atoms with Gasteiger partial charge in [-0.3, -0.25) is 0 Å². The maximum absolute atomic E-state index is 5.21. The molecule has 1 aliphatic carbocycles. The Kier molecular flexibility index (Phi) is 4.43. The quantitative estimate of drug-likeness (QED) is 0.840. The van der Waals surface area contributed by atoms with E-state index in [9.17, 15) is 0 Å². The molecule has 0 radical (unpaired) electrons. The van der Waals surface area contributed by atoms with Crippen LogP contribution in [0.3, 0.4) is 0 Å². The fourth-order valence-electron chi connectivity index (χ4n) is 2.88. The number of methoxy groups -OCH3 is 1. The molecule has 0 spiro atoms. The molecule has 1 aliphatic rings. The Hall–Kier alpha value is -1.02. The van der Waals surface area contributed by atoms with Crippen molar-refractivity contribution in [3.63, 3.8) is 0 Å². The summed E-state index contributed by atoms with van der Waals surface area (Å²) in [6.07, 6.45) is 5.51. The standard InChI is InChI=1S/C15H23NO/c1-3-16-15(12-6-4-5-7-12)13-8-10-14(17-2)11-9-13/h8-12,15-16H,3-7H2,1-2H3. The molecule has 1 unspecified atom stereocenters. The minimum absolute atomic E-state index is 0.522. The molecule has 1 fully saturated rings. The summed E-state index contributed by atoms with van der Waals surface area (Å²) >= 11 is 0. The maximum atomic E-state index is 5.21. The highest BCUT2D eigenvalue weighted by atomic mass is 16.5. The van der Waals surface area contributed by atoms with Gasteiger partial charge >= 0.3 is 0 Å². The van der Waals surface area contributed by atoms with E-state index in [1.54, 1.807) is 7.11 Å². The lowest BCUT2D eigenvalue weighted by atomic mass is 9.91.